The van der Waals surface area contributed by atoms with E-state index in [1.165, 1.54) is 18.2 Å². The molecule has 0 aromatic heterocycles. The zero-order chi connectivity index (χ0) is 25.1. The van der Waals surface area contributed by atoms with Gasteiger partial charge in [-0.3, -0.25) is 14.9 Å². The minimum absolute atomic E-state index is 0.102. The molecular formula is C24H31F2N5O3. The molecule has 8 nitrogen and oxygen atoms in total. The van der Waals surface area contributed by atoms with Crippen molar-refractivity contribution in [2.24, 2.45) is 21.1 Å². The van der Waals surface area contributed by atoms with Crippen LogP contribution in [0.2, 0.25) is 0 Å². The fourth-order valence-corrected chi connectivity index (χ4v) is 4.29. The topological polar surface area (TPSA) is 103 Å². The predicted molar refractivity (Wildman–Crippen MR) is 123 cm³/mol. The average molecular weight is 476 g/mol. The van der Waals surface area contributed by atoms with Gasteiger partial charge in [0.1, 0.15) is 17.7 Å². The Morgan fingerprint density at radius 1 is 1.21 bits per heavy atom. The summed E-state index contributed by atoms with van der Waals surface area (Å²) in [4.78, 5) is 37.3. The smallest absolute Gasteiger partial charge is 0.322 e. The van der Waals surface area contributed by atoms with Gasteiger partial charge in [-0.15, -0.1) is 0 Å². The molecule has 0 radical (unpaired) electrons. The van der Waals surface area contributed by atoms with Crippen molar-refractivity contribution in [3.05, 3.63) is 41.5 Å². The van der Waals surface area contributed by atoms with Gasteiger partial charge in [-0.05, 0) is 36.8 Å². The number of azo groups is 1. The van der Waals surface area contributed by atoms with Gasteiger partial charge in [-0.25, -0.2) is 13.6 Å². The second-order valence-electron chi connectivity index (χ2n) is 9.87. The molecule has 1 aromatic rings. The monoisotopic (exact) mass is 475 g/mol. The first-order chi connectivity index (χ1) is 15.9. The van der Waals surface area contributed by atoms with Gasteiger partial charge in [-0.2, -0.15) is 10.2 Å². The molecule has 184 valence electrons. The first-order valence-electron chi connectivity index (χ1n) is 11.3. The molecule has 4 amide bonds. The number of urea groups is 1. The highest BCUT2D eigenvalue weighted by Gasteiger charge is 2.42. The highest BCUT2D eigenvalue weighted by atomic mass is 19.1. The number of imide groups is 1. The van der Waals surface area contributed by atoms with Crippen molar-refractivity contribution in [1.29, 1.82) is 0 Å². The first-order valence-corrected chi connectivity index (χ1v) is 11.3. The van der Waals surface area contributed by atoms with E-state index in [0.29, 0.717) is 19.4 Å². The third-order valence-electron chi connectivity index (χ3n) is 7.08. The largest absolute Gasteiger partial charge is 0.345 e. The second kappa shape index (κ2) is 9.99. The number of hydrogen-bond acceptors (Lipinski definition) is 5. The number of nitrogens with zero attached hydrogens (tertiary/aromatic N) is 3. The van der Waals surface area contributed by atoms with E-state index < -0.39 is 35.0 Å². The van der Waals surface area contributed by atoms with Gasteiger partial charge in [-0.1, -0.05) is 32.9 Å². The lowest BCUT2D eigenvalue weighted by Crippen LogP contribution is -2.48. The Balaban J connectivity index is 1.71. The number of carbonyl (C=O) groups excluding carboxylic acids is 3. The van der Waals surface area contributed by atoms with Crippen molar-refractivity contribution in [1.82, 2.24) is 15.5 Å². The van der Waals surface area contributed by atoms with Crippen LogP contribution in [0.3, 0.4) is 0 Å². The molecule has 2 aliphatic heterocycles. The van der Waals surface area contributed by atoms with Crippen LogP contribution < -0.4 is 10.6 Å². The summed E-state index contributed by atoms with van der Waals surface area (Å²) in [6.07, 6.45) is 3.25. The average Bonchev–Trinajstić information content (AvgIpc) is 3.09. The fraction of sp³-hybridized carbons (Fsp3) is 0.542. The molecule has 0 bridgehead atoms. The summed E-state index contributed by atoms with van der Waals surface area (Å²) in [5.41, 5.74) is -0.781. The molecule has 2 heterocycles. The summed E-state index contributed by atoms with van der Waals surface area (Å²) < 4.78 is 28.6. The molecule has 0 saturated carbocycles. The molecule has 0 spiro atoms. The molecule has 1 saturated heterocycles. The zero-order valence-corrected chi connectivity index (χ0v) is 20.0. The Morgan fingerprint density at radius 3 is 2.50 bits per heavy atom. The maximum Gasteiger partial charge on any atom is 0.322 e. The standard InChI is InChI=1S/C24H31F2N5O3/c1-23(2)12-6-9-17(20-15(25)7-5-8-16(20)26)30-27-13-24(23,3)14-31(4)19(32)11-10-18-21(33)29-22(34)28-18/h5,7-9,18H,6,10-14H2,1-4H3,(H2,28,29,33,34)/b17-9-,30-27?/t18?,24-/m1/s1. The van der Waals surface area contributed by atoms with Gasteiger partial charge >= 0.3 is 6.03 Å². The number of amides is 4. The number of carbonyl (C=O) groups is 3. The lowest BCUT2D eigenvalue weighted by Gasteiger charge is -2.45. The lowest BCUT2D eigenvalue weighted by molar-refractivity contribution is -0.132. The van der Waals surface area contributed by atoms with Crippen molar-refractivity contribution in [3.8, 4) is 0 Å². The Labute approximate surface area is 197 Å². The lowest BCUT2D eigenvalue weighted by atomic mass is 9.64. The minimum Gasteiger partial charge on any atom is -0.345 e. The molecule has 1 fully saturated rings. The maximum atomic E-state index is 14.3. The molecule has 3 rings (SSSR count). The SMILES string of the molecule is CN(C[C@@]1(C)CN=N/C(c2c(F)cccc2F)=C\CCC1(C)C)C(=O)CCC1NC(=O)NC1=O. The Morgan fingerprint density at radius 2 is 1.88 bits per heavy atom. The normalized spacial score (nSPS) is 25.9. The molecule has 34 heavy (non-hydrogen) atoms. The van der Waals surface area contributed by atoms with Gasteiger partial charge in [0.25, 0.3) is 5.91 Å². The summed E-state index contributed by atoms with van der Waals surface area (Å²) in [5, 5.41) is 13.1. The van der Waals surface area contributed by atoms with Crippen molar-refractivity contribution < 1.29 is 23.2 Å². The molecular weight excluding hydrogens is 444 g/mol. The fourth-order valence-electron chi connectivity index (χ4n) is 4.29. The van der Waals surface area contributed by atoms with Crippen molar-refractivity contribution in [3.63, 3.8) is 0 Å². The van der Waals surface area contributed by atoms with Crippen LogP contribution in [0.4, 0.5) is 13.6 Å². The summed E-state index contributed by atoms with van der Waals surface area (Å²) in [7, 11) is 1.69. The van der Waals surface area contributed by atoms with Crippen LogP contribution in [0.5, 0.6) is 0 Å². The van der Waals surface area contributed by atoms with E-state index in [9.17, 15) is 23.2 Å². The van der Waals surface area contributed by atoms with Crippen molar-refractivity contribution in [2.45, 2.75) is 52.5 Å². The molecule has 10 heteroatoms. The van der Waals surface area contributed by atoms with Crippen molar-refractivity contribution in [2.75, 3.05) is 20.1 Å². The highest BCUT2D eigenvalue weighted by Crippen LogP contribution is 2.45. The number of hydrogen-bond donors (Lipinski definition) is 2. The van der Waals surface area contributed by atoms with Crippen molar-refractivity contribution >= 4 is 23.5 Å². The molecule has 2 N–H and O–H groups in total. The molecule has 2 aliphatic rings. The zero-order valence-electron chi connectivity index (χ0n) is 20.0. The first kappa shape index (κ1) is 25.5. The Hall–Kier alpha value is -3.17. The van der Waals surface area contributed by atoms with E-state index in [1.807, 2.05) is 6.92 Å². The molecule has 1 aromatic carbocycles. The van der Waals surface area contributed by atoms with Crippen LogP contribution in [0.15, 0.2) is 34.5 Å². The predicted octanol–water partition coefficient (Wildman–Crippen LogP) is 4.03. The van der Waals surface area contributed by atoms with Gasteiger partial charge < -0.3 is 10.2 Å². The number of allylic oxidation sites excluding steroid dienone is 1. The van der Waals surface area contributed by atoms with Crippen LogP contribution >= 0.6 is 0 Å². The van der Waals surface area contributed by atoms with Crippen LogP contribution in [0, 0.1) is 22.5 Å². The Bertz CT molecular complexity index is 1020. The van der Waals surface area contributed by atoms with E-state index in [4.69, 9.17) is 0 Å². The van der Waals surface area contributed by atoms with E-state index >= 15 is 0 Å². The van der Waals surface area contributed by atoms with Gasteiger partial charge in [0.2, 0.25) is 5.91 Å². The van der Waals surface area contributed by atoms with E-state index in [2.05, 4.69) is 34.7 Å². The summed E-state index contributed by atoms with van der Waals surface area (Å²) in [5.74, 6) is -1.97. The van der Waals surface area contributed by atoms with Gasteiger partial charge in [0.05, 0.1) is 17.8 Å². The summed E-state index contributed by atoms with van der Waals surface area (Å²) in [6, 6.07) is 2.43. The number of benzene rings is 1. The van der Waals surface area contributed by atoms with Crippen LogP contribution in [-0.4, -0.2) is 48.9 Å². The quantitative estimate of drug-likeness (QED) is 0.607. The van der Waals surface area contributed by atoms with E-state index in [-0.39, 0.29) is 42.0 Å². The Kier molecular flexibility index (Phi) is 7.48. The summed E-state index contributed by atoms with van der Waals surface area (Å²) in [6.45, 7) is 6.83. The molecule has 2 atom stereocenters. The number of rotatable bonds is 6. The maximum absolute atomic E-state index is 14.3. The molecule has 0 aliphatic carbocycles. The van der Waals surface area contributed by atoms with E-state index in [0.717, 1.165) is 0 Å². The van der Waals surface area contributed by atoms with Gasteiger partial charge in [0.15, 0.2) is 0 Å². The number of halogens is 2. The van der Waals surface area contributed by atoms with Crippen LogP contribution in [-0.2, 0) is 9.59 Å². The second-order valence-corrected chi connectivity index (χ2v) is 9.87. The highest BCUT2D eigenvalue weighted by molar-refractivity contribution is 6.04. The molecule has 1 unspecified atom stereocenters. The number of nitrogens with one attached hydrogen (secondary N) is 2. The van der Waals surface area contributed by atoms with Crippen LogP contribution in [0.1, 0.15) is 52.0 Å². The third-order valence-corrected chi connectivity index (χ3v) is 7.08. The van der Waals surface area contributed by atoms with E-state index in [1.54, 1.807) is 18.0 Å². The summed E-state index contributed by atoms with van der Waals surface area (Å²) >= 11 is 0. The van der Waals surface area contributed by atoms with Crippen LogP contribution in [0.25, 0.3) is 5.70 Å². The third kappa shape index (κ3) is 5.48. The van der Waals surface area contributed by atoms with Gasteiger partial charge in [0, 0.05) is 25.4 Å². The minimum atomic E-state index is -0.709.